The van der Waals surface area contributed by atoms with Gasteiger partial charge in [0, 0.05) is 23.9 Å². The highest BCUT2D eigenvalue weighted by atomic mass is 16.6. The molecule has 5 heteroatoms. The molecule has 0 aromatic heterocycles. The van der Waals surface area contributed by atoms with Crippen LogP contribution in [0.4, 0.5) is 11.4 Å². The van der Waals surface area contributed by atoms with E-state index in [-0.39, 0.29) is 17.0 Å². The summed E-state index contributed by atoms with van der Waals surface area (Å²) in [6, 6.07) is 13.8. The molecule has 0 heterocycles. The normalized spacial score (nSPS) is 11.5. The molecule has 0 fully saturated rings. The zero-order valence-corrected chi connectivity index (χ0v) is 13.9. The molecule has 0 saturated carbocycles. The van der Waals surface area contributed by atoms with Crippen LogP contribution in [0.25, 0.3) is 6.08 Å². The van der Waals surface area contributed by atoms with Crippen LogP contribution in [0.3, 0.4) is 0 Å². The maximum Gasteiger partial charge on any atom is 0.271 e. The minimum absolute atomic E-state index is 0.0606. The van der Waals surface area contributed by atoms with E-state index in [2.05, 4.69) is 26.1 Å². The largest absolute Gasteiger partial charge is 0.322 e. The first kappa shape index (κ1) is 17.4. The predicted molar refractivity (Wildman–Crippen MR) is 95.9 cm³/mol. The van der Waals surface area contributed by atoms with Crippen molar-refractivity contribution in [2.45, 2.75) is 26.2 Å². The molecule has 2 aromatic rings. The molecule has 0 unspecified atom stereocenters. The number of nitrogens with zero attached hydrogens (tertiary/aromatic N) is 1. The van der Waals surface area contributed by atoms with E-state index in [1.165, 1.54) is 29.8 Å². The lowest BCUT2D eigenvalue weighted by molar-refractivity contribution is -0.384. The molecule has 2 rings (SSSR count). The molecule has 0 spiro atoms. The quantitative estimate of drug-likeness (QED) is 0.509. The van der Waals surface area contributed by atoms with Gasteiger partial charge in [-0.1, -0.05) is 51.1 Å². The van der Waals surface area contributed by atoms with Gasteiger partial charge in [0.2, 0.25) is 5.91 Å². The number of amides is 1. The van der Waals surface area contributed by atoms with E-state index >= 15 is 0 Å². The number of hydrogen-bond donors (Lipinski definition) is 1. The Morgan fingerprint density at radius 2 is 1.79 bits per heavy atom. The molecule has 0 aliphatic heterocycles. The second-order valence-corrected chi connectivity index (χ2v) is 6.50. The molecule has 24 heavy (non-hydrogen) atoms. The Balaban J connectivity index is 2.03. The summed E-state index contributed by atoms with van der Waals surface area (Å²) < 4.78 is 0. The Hall–Kier alpha value is -2.95. The van der Waals surface area contributed by atoms with E-state index < -0.39 is 4.92 Å². The first-order chi connectivity index (χ1) is 11.3. The van der Waals surface area contributed by atoms with Crippen LogP contribution in [0, 0.1) is 10.1 Å². The highest BCUT2D eigenvalue weighted by Gasteiger charge is 2.12. The highest BCUT2D eigenvalue weighted by molar-refractivity contribution is 6.02. The third-order valence-corrected chi connectivity index (χ3v) is 3.53. The summed E-state index contributed by atoms with van der Waals surface area (Å²) in [5, 5.41) is 13.3. The van der Waals surface area contributed by atoms with Crippen molar-refractivity contribution in [1.82, 2.24) is 0 Å². The SMILES string of the molecule is CC(C)(C)c1ccc(/C=C/C(=O)Nc2cccc([N+](=O)[O-])c2)cc1. The van der Waals surface area contributed by atoms with E-state index in [0.717, 1.165) is 5.56 Å². The van der Waals surface area contributed by atoms with Crippen LogP contribution < -0.4 is 5.32 Å². The Bertz CT molecular complexity index is 772. The van der Waals surface area contributed by atoms with Crippen LogP contribution in [-0.2, 0) is 10.2 Å². The first-order valence-electron chi connectivity index (χ1n) is 7.60. The monoisotopic (exact) mass is 324 g/mol. The number of nitro groups is 1. The second kappa shape index (κ2) is 7.08. The average Bonchev–Trinajstić information content (AvgIpc) is 2.53. The molecule has 0 radical (unpaired) electrons. The van der Waals surface area contributed by atoms with Crippen LogP contribution >= 0.6 is 0 Å². The van der Waals surface area contributed by atoms with Gasteiger partial charge in [-0.25, -0.2) is 0 Å². The molecule has 5 nitrogen and oxygen atoms in total. The van der Waals surface area contributed by atoms with Gasteiger partial charge in [-0.3, -0.25) is 14.9 Å². The average molecular weight is 324 g/mol. The molecule has 1 amide bonds. The Labute approximate surface area is 141 Å². The molecule has 0 bridgehead atoms. The van der Waals surface area contributed by atoms with Crippen molar-refractivity contribution >= 4 is 23.4 Å². The number of nitrogens with one attached hydrogen (secondary N) is 1. The van der Waals surface area contributed by atoms with Crippen molar-refractivity contribution in [3.63, 3.8) is 0 Å². The minimum atomic E-state index is -0.498. The van der Waals surface area contributed by atoms with E-state index in [4.69, 9.17) is 0 Å². The Morgan fingerprint density at radius 1 is 1.12 bits per heavy atom. The zero-order valence-electron chi connectivity index (χ0n) is 13.9. The van der Waals surface area contributed by atoms with Crippen LogP contribution in [0.2, 0.25) is 0 Å². The number of non-ortho nitro benzene ring substituents is 1. The molecule has 0 aliphatic rings. The highest BCUT2D eigenvalue weighted by Crippen LogP contribution is 2.22. The molecular weight excluding hydrogens is 304 g/mol. The van der Waals surface area contributed by atoms with Crippen molar-refractivity contribution < 1.29 is 9.72 Å². The van der Waals surface area contributed by atoms with Gasteiger partial charge >= 0.3 is 0 Å². The Kier molecular flexibility index (Phi) is 5.14. The maximum atomic E-state index is 11.9. The number of nitro benzene ring substituents is 1. The molecule has 1 N–H and O–H groups in total. The van der Waals surface area contributed by atoms with Crippen molar-refractivity contribution in [2.75, 3.05) is 5.32 Å². The van der Waals surface area contributed by atoms with Crippen molar-refractivity contribution in [2.24, 2.45) is 0 Å². The summed E-state index contributed by atoms with van der Waals surface area (Å²) in [5.74, 6) is -0.338. The third-order valence-electron chi connectivity index (χ3n) is 3.53. The summed E-state index contributed by atoms with van der Waals surface area (Å²) in [6.45, 7) is 6.43. The van der Waals surface area contributed by atoms with Crippen LogP contribution in [0.15, 0.2) is 54.6 Å². The van der Waals surface area contributed by atoms with Crippen molar-refractivity contribution in [3.05, 3.63) is 75.8 Å². The van der Waals surface area contributed by atoms with E-state index in [0.29, 0.717) is 5.69 Å². The maximum absolute atomic E-state index is 11.9. The molecule has 0 saturated heterocycles. The van der Waals surface area contributed by atoms with Crippen molar-refractivity contribution in [1.29, 1.82) is 0 Å². The molecule has 2 aromatic carbocycles. The number of carbonyl (C=O) groups is 1. The summed E-state index contributed by atoms with van der Waals surface area (Å²) in [6.07, 6.45) is 3.12. The van der Waals surface area contributed by atoms with E-state index in [1.807, 2.05) is 24.3 Å². The minimum Gasteiger partial charge on any atom is -0.322 e. The Morgan fingerprint density at radius 3 is 2.38 bits per heavy atom. The standard InChI is InChI=1S/C19H20N2O3/c1-19(2,3)15-10-7-14(8-11-15)9-12-18(22)20-16-5-4-6-17(13-16)21(23)24/h4-13H,1-3H3,(H,20,22)/b12-9+. The van der Waals surface area contributed by atoms with Gasteiger partial charge in [-0.2, -0.15) is 0 Å². The van der Waals surface area contributed by atoms with E-state index in [9.17, 15) is 14.9 Å². The summed E-state index contributed by atoms with van der Waals surface area (Å²) >= 11 is 0. The summed E-state index contributed by atoms with van der Waals surface area (Å²) in [5.41, 5.74) is 2.55. The lowest BCUT2D eigenvalue weighted by atomic mass is 9.87. The molecule has 124 valence electrons. The van der Waals surface area contributed by atoms with Gasteiger partial charge in [-0.05, 0) is 28.7 Å². The van der Waals surface area contributed by atoms with Gasteiger partial charge in [0.1, 0.15) is 0 Å². The van der Waals surface area contributed by atoms with Crippen LogP contribution in [0.1, 0.15) is 31.9 Å². The van der Waals surface area contributed by atoms with E-state index in [1.54, 1.807) is 12.1 Å². The molecule has 0 atom stereocenters. The number of anilines is 1. The predicted octanol–water partition coefficient (Wildman–Crippen LogP) is 4.54. The van der Waals surface area contributed by atoms with Crippen molar-refractivity contribution in [3.8, 4) is 0 Å². The molecule has 0 aliphatic carbocycles. The van der Waals surface area contributed by atoms with Gasteiger partial charge in [0.05, 0.1) is 4.92 Å². The second-order valence-electron chi connectivity index (χ2n) is 6.50. The lowest BCUT2D eigenvalue weighted by Gasteiger charge is -2.18. The number of rotatable bonds is 4. The molecular formula is C19H20N2O3. The summed E-state index contributed by atoms with van der Waals surface area (Å²) in [4.78, 5) is 22.2. The fraction of sp³-hybridized carbons (Fsp3) is 0.211. The lowest BCUT2D eigenvalue weighted by Crippen LogP contribution is -2.10. The number of benzene rings is 2. The van der Waals surface area contributed by atoms with Gasteiger partial charge in [-0.15, -0.1) is 0 Å². The van der Waals surface area contributed by atoms with Crippen LogP contribution in [0.5, 0.6) is 0 Å². The van der Waals surface area contributed by atoms with Gasteiger partial charge in [0.15, 0.2) is 0 Å². The fourth-order valence-corrected chi connectivity index (χ4v) is 2.15. The van der Waals surface area contributed by atoms with Crippen LogP contribution in [-0.4, -0.2) is 10.8 Å². The third kappa shape index (κ3) is 4.78. The topological polar surface area (TPSA) is 72.2 Å². The fourth-order valence-electron chi connectivity index (χ4n) is 2.15. The first-order valence-corrected chi connectivity index (χ1v) is 7.60. The smallest absolute Gasteiger partial charge is 0.271 e. The van der Waals surface area contributed by atoms with Gasteiger partial charge < -0.3 is 5.32 Å². The zero-order chi connectivity index (χ0) is 17.7. The number of carbonyl (C=O) groups excluding carboxylic acids is 1. The summed E-state index contributed by atoms with van der Waals surface area (Å²) in [7, 11) is 0. The van der Waals surface area contributed by atoms with Gasteiger partial charge in [0.25, 0.3) is 5.69 Å². The number of hydrogen-bond acceptors (Lipinski definition) is 3.